The van der Waals surface area contributed by atoms with Crippen LogP contribution in [0.5, 0.6) is 0 Å². The van der Waals surface area contributed by atoms with Crippen molar-refractivity contribution < 1.29 is 22.7 Å². The first-order valence-corrected chi connectivity index (χ1v) is 7.78. The van der Waals surface area contributed by atoms with E-state index < -0.39 is 34.2 Å². The van der Waals surface area contributed by atoms with Crippen molar-refractivity contribution in [2.45, 2.75) is 25.4 Å². The molecule has 21 heavy (non-hydrogen) atoms. The first-order valence-electron chi connectivity index (χ1n) is 6.34. The Morgan fingerprint density at radius 2 is 2.00 bits per heavy atom. The lowest BCUT2D eigenvalue weighted by Gasteiger charge is -2.19. The van der Waals surface area contributed by atoms with Gasteiger partial charge >= 0.3 is 16.2 Å². The van der Waals surface area contributed by atoms with Crippen molar-refractivity contribution in [3.63, 3.8) is 0 Å². The van der Waals surface area contributed by atoms with Crippen LogP contribution in [0, 0.1) is 0 Å². The zero-order chi connectivity index (χ0) is 15.6. The molecule has 0 spiro atoms. The molecule has 1 aromatic carbocycles. The van der Waals surface area contributed by atoms with Crippen LogP contribution in [0.15, 0.2) is 30.3 Å². The fraction of sp³-hybridized carbons (Fsp3) is 0.385. The molecule has 2 atom stereocenters. The molecule has 0 unspecified atom stereocenters. The standard InChI is InChI=1S/C13H16N2O5S/c1-9(13(17)20-2)15-12(16)11(14-21(15,18)19)8-10-6-4-3-5-7-10/h3-7,9,11,14H,8H2,1-2H3/t9-,11+/m1/s1. The van der Waals surface area contributed by atoms with Crippen molar-refractivity contribution >= 4 is 22.1 Å². The van der Waals surface area contributed by atoms with E-state index in [0.29, 0.717) is 4.31 Å². The Hall–Kier alpha value is -1.93. The van der Waals surface area contributed by atoms with Gasteiger partial charge in [-0.2, -0.15) is 13.1 Å². The third-order valence-corrected chi connectivity index (χ3v) is 4.84. The third-order valence-electron chi connectivity index (χ3n) is 3.24. The van der Waals surface area contributed by atoms with Gasteiger partial charge in [0.1, 0.15) is 12.1 Å². The highest BCUT2D eigenvalue weighted by molar-refractivity contribution is 7.88. The van der Waals surface area contributed by atoms with E-state index in [-0.39, 0.29) is 6.42 Å². The van der Waals surface area contributed by atoms with E-state index in [0.717, 1.165) is 12.7 Å². The summed E-state index contributed by atoms with van der Waals surface area (Å²) in [6.07, 6.45) is 0.225. The van der Waals surface area contributed by atoms with E-state index >= 15 is 0 Å². The van der Waals surface area contributed by atoms with Gasteiger partial charge in [-0.05, 0) is 18.9 Å². The van der Waals surface area contributed by atoms with Gasteiger partial charge in [-0.3, -0.25) is 4.79 Å². The van der Waals surface area contributed by atoms with Crippen LogP contribution in [-0.4, -0.2) is 43.8 Å². The van der Waals surface area contributed by atoms with Crippen LogP contribution in [0.25, 0.3) is 0 Å². The van der Waals surface area contributed by atoms with Crippen molar-refractivity contribution in [1.29, 1.82) is 0 Å². The minimum Gasteiger partial charge on any atom is -0.467 e. The number of ether oxygens (including phenoxy) is 1. The Labute approximate surface area is 123 Å². The molecule has 1 fully saturated rings. The summed E-state index contributed by atoms with van der Waals surface area (Å²) in [5, 5.41) is 0. The van der Waals surface area contributed by atoms with Gasteiger partial charge in [-0.1, -0.05) is 30.3 Å². The summed E-state index contributed by atoms with van der Waals surface area (Å²) in [5.74, 6) is -1.44. The SMILES string of the molecule is COC(=O)[C@@H](C)N1C(=O)[C@H](Cc2ccccc2)NS1(=O)=O. The molecule has 0 aromatic heterocycles. The van der Waals surface area contributed by atoms with Gasteiger partial charge in [0.25, 0.3) is 5.91 Å². The quantitative estimate of drug-likeness (QED) is 0.780. The van der Waals surface area contributed by atoms with Crippen LogP contribution in [0.1, 0.15) is 12.5 Å². The number of hydrogen-bond donors (Lipinski definition) is 1. The highest BCUT2D eigenvalue weighted by Gasteiger charge is 2.47. The molecule has 0 saturated carbocycles. The predicted octanol–water partition coefficient (Wildman–Crippen LogP) is -0.164. The highest BCUT2D eigenvalue weighted by atomic mass is 32.2. The number of rotatable bonds is 4. The van der Waals surface area contributed by atoms with Crippen LogP contribution < -0.4 is 4.72 Å². The van der Waals surface area contributed by atoms with Crippen molar-refractivity contribution in [3.8, 4) is 0 Å². The van der Waals surface area contributed by atoms with E-state index in [1.165, 1.54) is 6.92 Å². The topological polar surface area (TPSA) is 92.8 Å². The lowest BCUT2D eigenvalue weighted by molar-refractivity contribution is -0.148. The molecule has 1 aliphatic heterocycles. The second-order valence-electron chi connectivity index (χ2n) is 4.70. The number of carbonyl (C=O) groups excluding carboxylic acids is 2. The zero-order valence-electron chi connectivity index (χ0n) is 11.6. The molecule has 0 bridgehead atoms. The van der Waals surface area contributed by atoms with Gasteiger partial charge < -0.3 is 4.74 Å². The van der Waals surface area contributed by atoms with E-state index in [9.17, 15) is 18.0 Å². The lowest BCUT2D eigenvalue weighted by atomic mass is 10.1. The van der Waals surface area contributed by atoms with Crippen molar-refractivity contribution in [2.75, 3.05) is 7.11 Å². The molecule has 7 nitrogen and oxygen atoms in total. The van der Waals surface area contributed by atoms with Crippen molar-refractivity contribution in [2.24, 2.45) is 0 Å². The van der Waals surface area contributed by atoms with Gasteiger partial charge in [0, 0.05) is 0 Å². The number of amides is 1. The Balaban J connectivity index is 2.22. The molecule has 1 aromatic rings. The monoisotopic (exact) mass is 312 g/mol. The summed E-state index contributed by atoms with van der Waals surface area (Å²) in [4.78, 5) is 23.8. The summed E-state index contributed by atoms with van der Waals surface area (Å²) < 4.78 is 31.4. The fourth-order valence-corrected chi connectivity index (χ4v) is 3.73. The molecule has 114 valence electrons. The van der Waals surface area contributed by atoms with Gasteiger partial charge in [0.2, 0.25) is 0 Å². The molecule has 1 aliphatic rings. The molecular weight excluding hydrogens is 296 g/mol. The highest BCUT2D eigenvalue weighted by Crippen LogP contribution is 2.19. The molecule has 1 heterocycles. The van der Waals surface area contributed by atoms with E-state index in [2.05, 4.69) is 9.46 Å². The Morgan fingerprint density at radius 1 is 1.38 bits per heavy atom. The van der Waals surface area contributed by atoms with Gasteiger partial charge in [0.05, 0.1) is 7.11 Å². The smallest absolute Gasteiger partial charge is 0.329 e. The van der Waals surface area contributed by atoms with E-state index in [1.807, 2.05) is 6.07 Å². The number of nitrogens with one attached hydrogen (secondary N) is 1. The lowest BCUT2D eigenvalue weighted by Crippen LogP contribution is -2.44. The zero-order valence-corrected chi connectivity index (χ0v) is 12.5. The largest absolute Gasteiger partial charge is 0.467 e. The predicted molar refractivity (Wildman–Crippen MR) is 74.3 cm³/mol. The number of hydrogen-bond acceptors (Lipinski definition) is 5. The van der Waals surface area contributed by atoms with Gasteiger partial charge in [-0.25, -0.2) is 9.10 Å². The summed E-state index contributed by atoms with van der Waals surface area (Å²) in [7, 11) is -2.89. The average Bonchev–Trinajstić information content (AvgIpc) is 2.67. The first-order chi connectivity index (χ1) is 9.86. The molecule has 1 amide bonds. The summed E-state index contributed by atoms with van der Waals surface area (Å²) >= 11 is 0. The molecule has 1 N–H and O–H groups in total. The van der Waals surface area contributed by atoms with Crippen LogP contribution in [0.2, 0.25) is 0 Å². The number of esters is 1. The molecule has 8 heteroatoms. The number of methoxy groups -OCH3 is 1. The first kappa shape index (κ1) is 15.5. The number of benzene rings is 1. The van der Waals surface area contributed by atoms with E-state index in [1.54, 1.807) is 24.3 Å². The second kappa shape index (κ2) is 5.82. The minimum atomic E-state index is -4.03. The normalized spacial score (nSPS) is 22.1. The number of carbonyl (C=O) groups is 2. The Bertz CT molecular complexity index is 644. The van der Waals surface area contributed by atoms with Gasteiger partial charge in [0.15, 0.2) is 0 Å². The maximum absolute atomic E-state index is 12.3. The van der Waals surface area contributed by atoms with Crippen molar-refractivity contribution in [1.82, 2.24) is 9.03 Å². The molecule has 0 aliphatic carbocycles. The van der Waals surface area contributed by atoms with Crippen molar-refractivity contribution in [3.05, 3.63) is 35.9 Å². The second-order valence-corrected chi connectivity index (χ2v) is 6.28. The van der Waals surface area contributed by atoms with Crippen LogP contribution >= 0.6 is 0 Å². The average molecular weight is 312 g/mol. The number of nitrogens with zero attached hydrogens (tertiary/aromatic N) is 1. The van der Waals surface area contributed by atoms with Gasteiger partial charge in [-0.15, -0.1) is 0 Å². The van der Waals surface area contributed by atoms with Crippen LogP contribution in [0.4, 0.5) is 0 Å². The molecule has 1 saturated heterocycles. The summed E-state index contributed by atoms with van der Waals surface area (Å²) in [5.41, 5.74) is 0.825. The molecule has 0 radical (unpaired) electrons. The molecule has 2 rings (SSSR count). The molecular formula is C13H16N2O5S. The minimum absolute atomic E-state index is 0.225. The Kier molecular flexibility index (Phi) is 4.29. The maximum atomic E-state index is 12.3. The summed E-state index contributed by atoms with van der Waals surface area (Å²) in [6.45, 7) is 1.31. The summed E-state index contributed by atoms with van der Waals surface area (Å²) in [6, 6.07) is 6.93. The van der Waals surface area contributed by atoms with E-state index in [4.69, 9.17) is 0 Å². The third kappa shape index (κ3) is 3.06. The fourth-order valence-electron chi connectivity index (χ4n) is 2.20. The maximum Gasteiger partial charge on any atom is 0.329 e. The van der Waals surface area contributed by atoms with Crippen LogP contribution in [0.3, 0.4) is 0 Å². The Morgan fingerprint density at radius 3 is 2.57 bits per heavy atom. The van der Waals surface area contributed by atoms with Crippen LogP contribution in [-0.2, 0) is 31.0 Å².